The fraction of sp³-hybridized carbons (Fsp3) is 0.909. The molecule has 0 bridgehead atoms. The summed E-state index contributed by atoms with van der Waals surface area (Å²) < 4.78 is 5.19. The number of amides is 1. The van der Waals surface area contributed by atoms with Crippen LogP contribution in [0.25, 0.3) is 0 Å². The predicted molar refractivity (Wildman–Crippen MR) is 59.0 cm³/mol. The Morgan fingerprint density at radius 2 is 2.06 bits per heavy atom. The van der Waals surface area contributed by atoms with Crippen molar-refractivity contribution in [2.75, 3.05) is 26.3 Å². The van der Waals surface area contributed by atoms with E-state index in [1.54, 1.807) is 0 Å². The molecule has 16 heavy (non-hydrogen) atoms. The minimum atomic E-state index is -0.696. The molecule has 92 valence electrons. The van der Waals surface area contributed by atoms with Crippen LogP contribution in [0, 0.1) is 0 Å². The van der Waals surface area contributed by atoms with Gasteiger partial charge < -0.3 is 20.5 Å². The summed E-state index contributed by atoms with van der Waals surface area (Å²) in [7, 11) is 0. The summed E-state index contributed by atoms with van der Waals surface area (Å²) >= 11 is 0. The molecule has 0 aromatic heterocycles. The number of ether oxygens (including phenoxy) is 1. The first kappa shape index (κ1) is 11.8. The van der Waals surface area contributed by atoms with E-state index in [1.807, 2.05) is 0 Å². The molecule has 1 aliphatic carbocycles. The van der Waals surface area contributed by atoms with Crippen LogP contribution >= 0.6 is 0 Å². The lowest BCUT2D eigenvalue weighted by Gasteiger charge is -2.32. The molecule has 0 atom stereocenters. The van der Waals surface area contributed by atoms with Crippen LogP contribution in [-0.4, -0.2) is 49.0 Å². The Morgan fingerprint density at radius 1 is 1.38 bits per heavy atom. The van der Waals surface area contributed by atoms with Crippen molar-refractivity contribution in [3.05, 3.63) is 0 Å². The van der Waals surface area contributed by atoms with E-state index >= 15 is 0 Å². The second-order valence-electron chi connectivity index (χ2n) is 4.78. The fourth-order valence-corrected chi connectivity index (χ4v) is 1.84. The predicted octanol–water partition coefficient (Wildman–Crippen LogP) is -0.604. The van der Waals surface area contributed by atoms with Gasteiger partial charge in [-0.1, -0.05) is 0 Å². The van der Waals surface area contributed by atoms with Crippen molar-refractivity contribution in [2.24, 2.45) is 0 Å². The zero-order chi connectivity index (χ0) is 11.4. The summed E-state index contributed by atoms with van der Waals surface area (Å²) in [5.41, 5.74) is -0.696. The maximum Gasteiger partial charge on any atom is 0.234 e. The maximum atomic E-state index is 11.4. The Balaban J connectivity index is 1.60. The van der Waals surface area contributed by atoms with Gasteiger partial charge in [0.05, 0.1) is 12.1 Å². The highest BCUT2D eigenvalue weighted by molar-refractivity contribution is 5.78. The van der Waals surface area contributed by atoms with E-state index in [4.69, 9.17) is 4.74 Å². The van der Waals surface area contributed by atoms with Gasteiger partial charge >= 0.3 is 0 Å². The standard InChI is InChI=1S/C11H20N2O3/c14-10(13-9-1-2-9)7-12-8-11(15)3-5-16-6-4-11/h9,12,15H,1-8H2,(H,13,14). The number of hydrogen-bond acceptors (Lipinski definition) is 4. The van der Waals surface area contributed by atoms with Crippen molar-refractivity contribution in [1.82, 2.24) is 10.6 Å². The molecule has 0 aromatic rings. The first-order chi connectivity index (χ1) is 7.68. The van der Waals surface area contributed by atoms with Gasteiger partial charge in [-0.05, 0) is 12.8 Å². The van der Waals surface area contributed by atoms with Gasteiger partial charge in [-0.25, -0.2) is 0 Å². The quantitative estimate of drug-likeness (QED) is 0.587. The van der Waals surface area contributed by atoms with Crippen molar-refractivity contribution in [2.45, 2.75) is 37.3 Å². The Hall–Kier alpha value is -0.650. The van der Waals surface area contributed by atoms with Gasteiger partial charge in [0.15, 0.2) is 0 Å². The normalized spacial score (nSPS) is 24.1. The summed E-state index contributed by atoms with van der Waals surface area (Å²) in [6.07, 6.45) is 3.49. The van der Waals surface area contributed by atoms with Crippen LogP contribution in [0.15, 0.2) is 0 Å². The highest BCUT2D eigenvalue weighted by Crippen LogP contribution is 2.19. The van der Waals surface area contributed by atoms with Crippen LogP contribution in [-0.2, 0) is 9.53 Å². The maximum absolute atomic E-state index is 11.4. The van der Waals surface area contributed by atoms with E-state index in [9.17, 15) is 9.90 Å². The smallest absolute Gasteiger partial charge is 0.234 e. The van der Waals surface area contributed by atoms with Crippen molar-refractivity contribution in [3.63, 3.8) is 0 Å². The molecule has 0 unspecified atom stereocenters. The van der Waals surface area contributed by atoms with E-state index in [2.05, 4.69) is 10.6 Å². The summed E-state index contributed by atoms with van der Waals surface area (Å²) in [5, 5.41) is 16.0. The van der Waals surface area contributed by atoms with Gasteiger partial charge in [-0.3, -0.25) is 4.79 Å². The number of aliphatic hydroxyl groups is 1. The molecular weight excluding hydrogens is 208 g/mol. The Labute approximate surface area is 95.5 Å². The minimum Gasteiger partial charge on any atom is -0.388 e. The zero-order valence-electron chi connectivity index (χ0n) is 9.50. The molecule has 5 heteroatoms. The van der Waals surface area contributed by atoms with Gasteiger partial charge in [0, 0.05) is 38.6 Å². The van der Waals surface area contributed by atoms with Crippen molar-refractivity contribution in [3.8, 4) is 0 Å². The van der Waals surface area contributed by atoms with Crippen LogP contribution in [0.4, 0.5) is 0 Å². The highest BCUT2D eigenvalue weighted by atomic mass is 16.5. The molecule has 1 heterocycles. The van der Waals surface area contributed by atoms with E-state index in [1.165, 1.54) is 0 Å². The second kappa shape index (κ2) is 5.12. The third kappa shape index (κ3) is 3.73. The largest absolute Gasteiger partial charge is 0.388 e. The zero-order valence-corrected chi connectivity index (χ0v) is 9.50. The topological polar surface area (TPSA) is 70.6 Å². The lowest BCUT2D eigenvalue weighted by molar-refractivity contribution is -0.120. The molecule has 0 spiro atoms. The second-order valence-corrected chi connectivity index (χ2v) is 4.78. The van der Waals surface area contributed by atoms with Crippen molar-refractivity contribution >= 4 is 5.91 Å². The van der Waals surface area contributed by atoms with E-state index in [-0.39, 0.29) is 5.91 Å². The average molecular weight is 228 g/mol. The summed E-state index contributed by atoms with van der Waals surface area (Å²) in [5.74, 6) is 0.0261. The summed E-state index contributed by atoms with van der Waals surface area (Å²) in [6.45, 7) is 1.97. The minimum absolute atomic E-state index is 0.0261. The molecule has 1 saturated heterocycles. The number of nitrogens with one attached hydrogen (secondary N) is 2. The molecule has 2 aliphatic rings. The summed E-state index contributed by atoms with van der Waals surface area (Å²) in [6, 6.07) is 0.403. The van der Waals surface area contributed by atoms with E-state index in [0.717, 1.165) is 12.8 Å². The molecule has 1 saturated carbocycles. The first-order valence-corrected chi connectivity index (χ1v) is 5.98. The van der Waals surface area contributed by atoms with Crippen LogP contribution in [0.3, 0.4) is 0 Å². The van der Waals surface area contributed by atoms with E-state index in [0.29, 0.717) is 45.2 Å². The highest BCUT2D eigenvalue weighted by Gasteiger charge is 2.29. The van der Waals surface area contributed by atoms with Gasteiger partial charge in [-0.2, -0.15) is 0 Å². The molecule has 1 amide bonds. The van der Waals surface area contributed by atoms with E-state index < -0.39 is 5.60 Å². The van der Waals surface area contributed by atoms with Crippen LogP contribution in [0.5, 0.6) is 0 Å². The number of hydrogen-bond donors (Lipinski definition) is 3. The molecule has 0 aromatic carbocycles. The third-order valence-electron chi connectivity index (χ3n) is 3.11. The number of rotatable bonds is 5. The Kier molecular flexibility index (Phi) is 3.78. The monoisotopic (exact) mass is 228 g/mol. The SMILES string of the molecule is O=C(CNCC1(O)CCOCC1)NC1CC1. The molecule has 1 aliphatic heterocycles. The third-order valence-corrected chi connectivity index (χ3v) is 3.11. The summed E-state index contributed by atoms with van der Waals surface area (Å²) in [4.78, 5) is 11.4. The lowest BCUT2D eigenvalue weighted by Crippen LogP contribution is -2.47. The molecule has 0 radical (unpaired) electrons. The van der Waals surface area contributed by atoms with Crippen LogP contribution in [0.1, 0.15) is 25.7 Å². The van der Waals surface area contributed by atoms with Crippen molar-refractivity contribution in [1.29, 1.82) is 0 Å². The Morgan fingerprint density at radius 3 is 2.69 bits per heavy atom. The van der Waals surface area contributed by atoms with Crippen LogP contribution < -0.4 is 10.6 Å². The molecule has 2 fully saturated rings. The molecule has 3 N–H and O–H groups in total. The number of carbonyl (C=O) groups excluding carboxylic acids is 1. The number of carbonyl (C=O) groups is 1. The van der Waals surface area contributed by atoms with Crippen LogP contribution in [0.2, 0.25) is 0 Å². The molecule has 2 rings (SSSR count). The fourth-order valence-electron chi connectivity index (χ4n) is 1.84. The van der Waals surface area contributed by atoms with Gasteiger partial charge in [0.25, 0.3) is 0 Å². The van der Waals surface area contributed by atoms with Crippen molar-refractivity contribution < 1.29 is 14.6 Å². The Bertz CT molecular complexity index is 248. The average Bonchev–Trinajstić information content (AvgIpc) is 3.02. The first-order valence-electron chi connectivity index (χ1n) is 5.98. The molecular formula is C11H20N2O3. The van der Waals surface area contributed by atoms with Gasteiger partial charge in [0.2, 0.25) is 5.91 Å². The van der Waals surface area contributed by atoms with Gasteiger partial charge in [0.1, 0.15) is 0 Å². The van der Waals surface area contributed by atoms with Gasteiger partial charge in [-0.15, -0.1) is 0 Å². The lowest BCUT2D eigenvalue weighted by atomic mass is 9.94. The molecule has 5 nitrogen and oxygen atoms in total.